The first-order valence-corrected chi connectivity index (χ1v) is 6.84. The lowest BCUT2D eigenvalue weighted by Crippen LogP contribution is -2.58. The van der Waals surface area contributed by atoms with Gasteiger partial charge in [-0.15, -0.1) is 0 Å². The number of aliphatic carboxylic acids is 1. The molecule has 2 rings (SSSR count). The maximum Gasteiger partial charge on any atom is 0.329 e. The summed E-state index contributed by atoms with van der Waals surface area (Å²) in [6.45, 7) is 2.89. The first kappa shape index (κ1) is 15.1. The Bertz CT molecular complexity index is 390. The van der Waals surface area contributed by atoms with Crippen LogP contribution in [0.4, 0.5) is 4.79 Å². The molecule has 2 unspecified atom stereocenters. The van der Waals surface area contributed by atoms with E-state index in [0.29, 0.717) is 26.2 Å². The van der Waals surface area contributed by atoms with Crippen molar-refractivity contribution in [1.82, 2.24) is 10.6 Å². The Labute approximate surface area is 118 Å². The normalized spacial score (nSPS) is 28.7. The molecule has 1 heterocycles. The summed E-state index contributed by atoms with van der Waals surface area (Å²) in [6, 6.07) is -0.481. The van der Waals surface area contributed by atoms with Crippen LogP contribution < -0.4 is 10.6 Å². The molecule has 0 radical (unpaired) electrons. The molecule has 1 saturated carbocycles. The van der Waals surface area contributed by atoms with Gasteiger partial charge < -0.3 is 25.2 Å². The van der Waals surface area contributed by atoms with Crippen LogP contribution in [0.25, 0.3) is 0 Å². The van der Waals surface area contributed by atoms with Crippen LogP contribution in [-0.2, 0) is 14.3 Å². The van der Waals surface area contributed by atoms with E-state index in [2.05, 4.69) is 10.6 Å². The zero-order valence-electron chi connectivity index (χ0n) is 11.9. The van der Waals surface area contributed by atoms with E-state index >= 15 is 0 Å². The van der Waals surface area contributed by atoms with E-state index in [9.17, 15) is 14.7 Å². The second-order valence-corrected chi connectivity index (χ2v) is 5.78. The van der Waals surface area contributed by atoms with Crippen LogP contribution in [0.1, 0.15) is 26.2 Å². The Kier molecular flexibility index (Phi) is 4.19. The second-order valence-electron chi connectivity index (χ2n) is 5.78. The average Bonchev–Trinajstić information content (AvgIpc) is 3.16. The third kappa shape index (κ3) is 3.04. The van der Waals surface area contributed by atoms with Crippen LogP contribution in [-0.4, -0.2) is 55.1 Å². The van der Waals surface area contributed by atoms with E-state index < -0.39 is 23.1 Å². The number of amides is 2. The lowest BCUT2D eigenvalue weighted by molar-refractivity contribution is -0.144. The molecule has 0 aromatic heterocycles. The molecular formula is C13H22N2O5. The van der Waals surface area contributed by atoms with Gasteiger partial charge in [-0.05, 0) is 25.7 Å². The van der Waals surface area contributed by atoms with Gasteiger partial charge in [-0.1, -0.05) is 0 Å². The molecule has 1 aliphatic carbocycles. The third-order valence-electron chi connectivity index (χ3n) is 4.28. The van der Waals surface area contributed by atoms with Crippen molar-refractivity contribution in [3.8, 4) is 0 Å². The lowest BCUT2D eigenvalue weighted by Gasteiger charge is -2.29. The molecule has 1 saturated heterocycles. The molecule has 0 aromatic carbocycles. The summed E-state index contributed by atoms with van der Waals surface area (Å²) < 4.78 is 10.7. The largest absolute Gasteiger partial charge is 0.480 e. The molecule has 3 N–H and O–H groups in total. The van der Waals surface area contributed by atoms with E-state index in [0.717, 1.165) is 12.8 Å². The topological polar surface area (TPSA) is 96.9 Å². The summed E-state index contributed by atoms with van der Waals surface area (Å²) in [4.78, 5) is 23.3. The van der Waals surface area contributed by atoms with Crippen LogP contribution in [0.5, 0.6) is 0 Å². The smallest absolute Gasteiger partial charge is 0.329 e. The molecule has 2 atom stereocenters. The Hall–Kier alpha value is -1.34. The number of urea groups is 1. The van der Waals surface area contributed by atoms with E-state index in [-0.39, 0.29) is 5.92 Å². The van der Waals surface area contributed by atoms with Gasteiger partial charge in [-0.2, -0.15) is 0 Å². The van der Waals surface area contributed by atoms with Gasteiger partial charge in [0.2, 0.25) is 0 Å². The van der Waals surface area contributed by atoms with Gasteiger partial charge in [0, 0.05) is 20.1 Å². The van der Waals surface area contributed by atoms with Crippen molar-refractivity contribution < 1.29 is 24.2 Å². The number of hydrogen-bond acceptors (Lipinski definition) is 4. The van der Waals surface area contributed by atoms with Gasteiger partial charge >= 0.3 is 12.0 Å². The van der Waals surface area contributed by atoms with Crippen molar-refractivity contribution in [3.63, 3.8) is 0 Å². The Morgan fingerprint density at radius 3 is 2.65 bits per heavy atom. The minimum Gasteiger partial charge on any atom is -0.480 e. The fraction of sp³-hybridized carbons (Fsp3) is 0.846. The van der Waals surface area contributed by atoms with Crippen LogP contribution in [0.15, 0.2) is 0 Å². The highest BCUT2D eigenvalue weighted by atomic mass is 16.5. The van der Waals surface area contributed by atoms with Crippen LogP contribution in [0, 0.1) is 5.92 Å². The highest BCUT2D eigenvalue weighted by molar-refractivity contribution is 5.86. The van der Waals surface area contributed by atoms with Crippen LogP contribution in [0.2, 0.25) is 0 Å². The fourth-order valence-corrected chi connectivity index (χ4v) is 2.47. The second kappa shape index (κ2) is 5.57. The standard InChI is InChI=1S/C13H22N2O5/c1-12(10(16)17,9-3-4-9)15-11(18)14-7-13(19-2)5-6-20-8-13/h9H,3-8H2,1-2H3,(H,16,17)(H2,14,15,18). The minimum absolute atomic E-state index is 0.0111. The summed E-state index contributed by atoms with van der Waals surface area (Å²) in [6.07, 6.45) is 2.38. The number of carboxylic acids is 1. The first-order valence-electron chi connectivity index (χ1n) is 6.84. The summed E-state index contributed by atoms with van der Waals surface area (Å²) in [5.74, 6) is -0.988. The van der Waals surface area contributed by atoms with Crippen molar-refractivity contribution >= 4 is 12.0 Å². The number of hydrogen-bond donors (Lipinski definition) is 3. The number of carbonyl (C=O) groups excluding carboxylic acids is 1. The van der Waals surface area contributed by atoms with Crippen molar-refractivity contribution in [2.45, 2.75) is 37.3 Å². The molecule has 0 spiro atoms. The SMILES string of the molecule is COC1(CNC(=O)NC(C)(C(=O)O)C2CC2)CCOC1. The quantitative estimate of drug-likeness (QED) is 0.654. The molecule has 7 nitrogen and oxygen atoms in total. The summed E-state index contributed by atoms with van der Waals surface area (Å²) in [5, 5.41) is 14.5. The predicted molar refractivity (Wildman–Crippen MR) is 70.5 cm³/mol. The monoisotopic (exact) mass is 286 g/mol. The number of methoxy groups -OCH3 is 1. The van der Waals surface area contributed by atoms with Gasteiger partial charge in [0.1, 0.15) is 11.1 Å². The minimum atomic E-state index is -1.20. The third-order valence-corrected chi connectivity index (χ3v) is 4.28. The highest BCUT2D eigenvalue weighted by Crippen LogP contribution is 2.39. The molecule has 114 valence electrons. The summed E-state index contributed by atoms with van der Waals surface area (Å²) in [7, 11) is 1.58. The molecule has 0 aromatic rings. The summed E-state index contributed by atoms with van der Waals surface area (Å²) in [5.41, 5.74) is -1.70. The number of carboxylic acid groups (broad SMARTS) is 1. The number of nitrogens with one attached hydrogen (secondary N) is 2. The molecular weight excluding hydrogens is 264 g/mol. The van der Waals surface area contributed by atoms with Crippen molar-refractivity contribution in [2.75, 3.05) is 26.9 Å². The van der Waals surface area contributed by atoms with Crippen molar-refractivity contribution in [1.29, 1.82) is 0 Å². The molecule has 0 bridgehead atoms. The fourth-order valence-electron chi connectivity index (χ4n) is 2.47. The zero-order valence-corrected chi connectivity index (χ0v) is 11.9. The van der Waals surface area contributed by atoms with Crippen molar-refractivity contribution in [3.05, 3.63) is 0 Å². The number of carbonyl (C=O) groups is 2. The van der Waals surface area contributed by atoms with Crippen molar-refractivity contribution in [2.24, 2.45) is 5.92 Å². The molecule has 20 heavy (non-hydrogen) atoms. The highest BCUT2D eigenvalue weighted by Gasteiger charge is 2.48. The average molecular weight is 286 g/mol. The predicted octanol–water partition coefficient (Wildman–Crippen LogP) is 0.344. The Morgan fingerprint density at radius 2 is 2.20 bits per heavy atom. The molecule has 7 heteroatoms. The van der Waals surface area contributed by atoms with Gasteiger partial charge in [-0.3, -0.25) is 0 Å². The first-order chi connectivity index (χ1) is 9.42. The van der Waals surface area contributed by atoms with E-state index in [1.54, 1.807) is 14.0 Å². The molecule has 2 amide bonds. The molecule has 1 aliphatic heterocycles. The number of rotatable bonds is 6. The van der Waals surface area contributed by atoms with Crippen LogP contribution in [0.3, 0.4) is 0 Å². The number of ether oxygens (including phenoxy) is 2. The van der Waals surface area contributed by atoms with Gasteiger partial charge in [-0.25, -0.2) is 9.59 Å². The molecule has 2 aliphatic rings. The van der Waals surface area contributed by atoms with E-state index in [4.69, 9.17) is 9.47 Å². The lowest BCUT2D eigenvalue weighted by atomic mass is 9.96. The summed E-state index contributed by atoms with van der Waals surface area (Å²) >= 11 is 0. The zero-order chi connectivity index (χ0) is 14.8. The van der Waals surface area contributed by atoms with Gasteiger partial charge in [0.15, 0.2) is 0 Å². The van der Waals surface area contributed by atoms with E-state index in [1.165, 1.54) is 0 Å². The van der Waals surface area contributed by atoms with Gasteiger partial charge in [0.05, 0.1) is 13.2 Å². The van der Waals surface area contributed by atoms with E-state index in [1.807, 2.05) is 0 Å². The maximum atomic E-state index is 11.9. The molecule has 2 fully saturated rings. The maximum absolute atomic E-state index is 11.9. The Morgan fingerprint density at radius 1 is 1.50 bits per heavy atom. The van der Waals surface area contributed by atoms with Crippen LogP contribution >= 0.6 is 0 Å². The Balaban J connectivity index is 1.87. The van der Waals surface area contributed by atoms with Gasteiger partial charge in [0.25, 0.3) is 0 Å².